The Hall–Kier alpha value is -2.51. The van der Waals surface area contributed by atoms with E-state index in [0.29, 0.717) is 11.4 Å². The number of amides is 2. The van der Waals surface area contributed by atoms with Gasteiger partial charge >= 0.3 is 12.2 Å². The Labute approximate surface area is 172 Å². The van der Waals surface area contributed by atoms with Gasteiger partial charge in [0.05, 0.1) is 24.5 Å². The zero-order valence-corrected chi connectivity index (χ0v) is 18.0. The van der Waals surface area contributed by atoms with Gasteiger partial charge in [-0.25, -0.2) is 14.0 Å². The van der Waals surface area contributed by atoms with E-state index in [4.69, 9.17) is 9.47 Å². The Morgan fingerprint density at radius 2 is 1.97 bits per heavy atom. The number of hydrogen-bond donors (Lipinski definition) is 1. The molecule has 1 heterocycles. The average molecular weight is 410 g/mol. The van der Waals surface area contributed by atoms with Crippen molar-refractivity contribution in [3.63, 3.8) is 0 Å². The third-order valence-electron chi connectivity index (χ3n) is 4.32. The van der Waals surface area contributed by atoms with Crippen molar-refractivity contribution in [1.82, 2.24) is 5.32 Å². The summed E-state index contributed by atoms with van der Waals surface area (Å²) in [5.41, 5.74) is 0.364. The number of carbonyl (C=O) groups excluding carboxylic acids is 2. The summed E-state index contributed by atoms with van der Waals surface area (Å²) in [5.74, 6) is -0.368. The summed E-state index contributed by atoms with van der Waals surface area (Å²) >= 11 is 0. The standard InChI is InChI=1S/C21H32FN3O4/c1-6-10-24(11-7-2)18-9-8-15(12-17(18)22)25-14-16(28-20(25)27)13-23-19(26)29-21(3,4)5/h8-9,12,16H,6-7,10-11,13-14H2,1-5H3,(H,23,26). The molecule has 162 valence electrons. The molecule has 2 rings (SSSR count). The van der Waals surface area contributed by atoms with Crippen molar-refractivity contribution in [3.8, 4) is 0 Å². The van der Waals surface area contributed by atoms with Gasteiger partial charge in [0.2, 0.25) is 0 Å². The Balaban J connectivity index is 2.01. The molecule has 1 aromatic carbocycles. The summed E-state index contributed by atoms with van der Waals surface area (Å²) in [5, 5.41) is 2.59. The topological polar surface area (TPSA) is 71.1 Å². The smallest absolute Gasteiger partial charge is 0.414 e. The van der Waals surface area contributed by atoms with Gasteiger partial charge in [0.15, 0.2) is 0 Å². The number of carbonyl (C=O) groups is 2. The van der Waals surface area contributed by atoms with Crippen molar-refractivity contribution in [2.75, 3.05) is 36.0 Å². The van der Waals surface area contributed by atoms with Crippen LogP contribution in [0.15, 0.2) is 18.2 Å². The number of cyclic esters (lactones) is 1. The van der Waals surface area contributed by atoms with Gasteiger partial charge in [-0.3, -0.25) is 4.90 Å². The molecule has 1 unspecified atom stereocenters. The highest BCUT2D eigenvalue weighted by atomic mass is 19.1. The lowest BCUT2D eigenvalue weighted by Crippen LogP contribution is -2.38. The van der Waals surface area contributed by atoms with Crippen LogP contribution >= 0.6 is 0 Å². The lowest BCUT2D eigenvalue weighted by atomic mass is 10.2. The highest BCUT2D eigenvalue weighted by Crippen LogP contribution is 2.28. The first-order valence-electron chi connectivity index (χ1n) is 10.1. The minimum Gasteiger partial charge on any atom is -0.444 e. The second kappa shape index (κ2) is 9.80. The molecule has 1 fully saturated rings. The maximum absolute atomic E-state index is 14.7. The van der Waals surface area contributed by atoms with Crippen LogP contribution in [-0.2, 0) is 9.47 Å². The van der Waals surface area contributed by atoms with E-state index in [-0.39, 0.29) is 18.9 Å². The average Bonchev–Trinajstić information content (AvgIpc) is 2.99. The predicted octanol–water partition coefficient (Wildman–Crippen LogP) is 4.30. The highest BCUT2D eigenvalue weighted by Gasteiger charge is 2.33. The number of hydrogen-bond acceptors (Lipinski definition) is 5. The molecule has 0 saturated carbocycles. The first-order valence-corrected chi connectivity index (χ1v) is 10.1. The minimum atomic E-state index is -0.606. The number of ether oxygens (including phenoxy) is 2. The van der Waals surface area contributed by atoms with E-state index in [0.717, 1.165) is 25.9 Å². The van der Waals surface area contributed by atoms with E-state index in [2.05, 4.69) is 19.2 Å². The first kappa shape index (κ1) is 22.8. The van der Waals surface area contributed by atoms with E-state index in [1.54, 1.807) is 32.9 Å². The summed E-state index contributed by atoms with van der Waals surface area (Å²) < 4.78 is 25.2. The Morgan fingerprint density at radius 1 is 1.31 bits per heavy atom. The molecule has 29 heavy (non-hydrogen) atoms. The summed E-state index contributed by atoms with van der Waals surface area (Å²) in [6.07, 6.45) is 0.175. The van der Waals surface area contributed by atoms with Crippen molar-refractivity contribution in [3.05, 3.63) is 24.0 Å². The maximum Gasteiger partial charge on any atom is 0.414 e. The summed E-state index contributed by atoms with van der Waals surface area (Å²) in [4.78, 5) is 27.4. The second-order valence-electron chi connectivity index (χ2n) is 8.12. The maximum atomic E-state index is 14.7. The van der Waals surface area contributed by atoms with Crippen LogP contribution in [0, 0.1) is 5.82 Å². The number of rotatable bonds is 8. The van der Waals surface area contributed by atoms with E-state index < -0.39 is 23.9 Å². The zero-order valence-electron chi connectivity index (χ0n) is 18.0. The number of nitrogens with zero attached hydrogens (tertiary/aromatic N) is 2. The molecule has 1 aliphatic rings. The second-order valence-corrected chi connectivity index (χ2v) is 8.12. The van der Waals surface area contributed by atoms with E-state index in [1.807, 2.05) is 4.90 Å². The normalized spacial score (nSPS) is 16.6. The molecule has 0 radical (unpaired) electrons. The van der Waals surface area contributed by atoms with Crippen LogP contribution in [0.5, 0.6) is 0 Å². The van der Waals surface area contributed by atoms with Crippen LogP contribution in [0.25, 0.3) is 0 Å². The summed E-state index contributed by atoms with van der Waals surface area (Å²) in [6, 6.07) is 4.79. The molecule has 0 spiro atoms. The predicted molar refractivity (Wildman–Crippen MR) is 111 cm³/mol. The largest absolute Gasteiger partial charge is 0.444 e. The van der Waals surface area contributed by atoms with Crippen molar-refractivity contribution >= 4 is 23.6 Å². The van der Waals surface area contributed by atoms with Gasteiger partial charge in [-0.1, -0.05) is 13.8 Å². The van der Waals surface area contributed by atoms with Gasteiger partial charge in [0, 0.05) is 13.1 Å². The van der Waals surface area contributed by atoms with Crippen LogP contribution in [0.1, 0.15) is 47.5 Å². The van der Waals surface area contributed by atoms with E-state index in [1.165, 1.54) is 11.0 Å². The van der Waals surface area contributed by atoms with Gasteiger partial charge in [-0.15, -0.1) is 0 Å². The molecule has 0 aliphatic carbocycles. The van der Waals surface area contributed by atoms with Crippen molar-refractivity contribution in [2.24, 2.45) is 0 Å². The molecule has 8 heteroatoms. The lowest BCUT2D eigenvalue weighted by Gasteiger charge is -2.25. The fourth-order valence-electron chi connectivity index (χ4n) is 3.16. The van der Waals surface area contributed by atoms with Crippen LogP contribution in [-0.4, -0.2) is 50.1 Å². The first-order chi connectivity index (χ1) is 13.6. The number of benzene rings is 1. The summed E-state index contributed by atoms with van der Waals surface area (Å²) in [7, 11) is 0. The molecular formula is C21H32FN3O4. The van der Waals surface area contributed by atoms with E-state index >= 15 is 0 Å². The van der Waals surface area contributed by atoms with Gasteiger partial charge < -0.3 is 19.7 Å². The quantitative estimate of drug-likeness (QED) is 0.693. The van der Waals surface area contributed by atoms with Gasteiger partial charge in [-0.2, -0.15) is 0 Å². The van der Waals surface area contributed by atoms with Gasteiger partial charge in [-0.05, 0) is 51.8 Å². The van der Waals surface area contributed by atoms with Crippen LogP contribution in [0.2, 0.25) is 0 Å². The number of nitrogens with one attached hydrogen (secondary N) is 1. The zero-order chi connectivity index (χ0) is 21.6. The fraction of sp³-hybridized carbons (Fsp3) is 0.619. The van der Waals surface area contributed by atoms with Crippen LogP contribution < -0.4 is 15.1 Å². The summed E-state index contributed by atoms with van der Waals surface area (Å²) in [6.45, 7) is 11.3. The molecule has 1 atom stereocenters. The molecular weight excluding hydrogens is 377 g/mol. The molecule has 1 aliphatic heterocycles. The van der Waals surface area contributed by atoms with Crippen LogP contribution in [0.4, 0.5) is 25.4 Å². The van der Waals surface area contributed by atoms with Gasteiger partial charge in [0.1, 0.15) is 17.5 Å². The SMILES string of the molecule is CCCN(CCC)c1ccc(N2CC(CNC(=O)OC(C)(C)C)OC2=O)cc1F. The molecule has 0 bridgehead atoms. The van der Waals surface area contributed by atoms with Crippen molar-refractivity contribution < 1.29 is 23.5 Å². The number of halogens is 1. The monoisotopic (exact) mass is 409 g/mol. The van der Waals surface area contributed by atoms with E-state index in [9.17, 15) is 14.0 Å². The molecule has 0 aromatic heterocycles. The third-order valence-corrected chi connectivity index (χ3v) is 4.32. The number of anilines is 2. The Bertz CT molecular complexity index is 714. The van der Waals surface area contributed by atoms with Crippen LogP contribution in [0.3, 0.4) is 0 Å². The highest BCUT2D eigenvalue weighted by molar-refractivity contribution is 5.90. The molecule has 1 saturated heterocycles. The fourth-order valence-corrected chi connectivity index (χ4v) is 3.16. The molecule has 2 amide bonds. The molecule has 1 N–H and O–H groups in total. The Kier molecular flexibility index (Phi) is 7.70. The third kappa shape index (κ3) is 6.51. The van der Waals surface area contributed by atoms with Crippen molar-refractivity contribution in [2.45, 2.75) is 59.2 Å². The van der Waals surface area contributed by atoms with Gasteiger partial charge in [0.25, 0.3) is 0 Å². The Morgan fingerprint density at radius 3 is 2.52 bits per heavy atom. The van der Waals surface area contributed by atoms with Crippen molar-refractivity contribution in [1.29, 1.82) is 0 Å². The number of alkyl carbamates (subject to hydrolysis) is 1. The molecule has 1 aromatic rings. The molecule has 7 nitrogen and oxygen atoms in total. The lowest BCUT2D eigenvalue weighted by molar-refractivity contribution is 0.0496. The minimum absolute atomic E-state index is 0.124.